The van der Waals surface area contributed by atoms with Gasteiger partial charge in [0.1, 0.15) is 0 Å². The summed E-state index contributed by atoms with van der Waals surface area (Å²) in [7, 11) is 3.60. The van der Waals surface area contributed by atoms with Gasteiger partial charge in [0.25, 0.3) is 5.91 Å². The first-order valence-corrected chi connectivity index (χ1v) is 6.45. The number of nitrogens with zero attached hydrogens (tertiary/aromatic N) is 2. The molecule has 1 aliphatic carbocycles. The van der Waals surface area contributed by atoms with Crippen LogP contribution in [0.4, 0.5) is 0 Å². The molecule has 1 aliphatic rings. The second-order valence-electron chi connectivity index (χ2n) is 4.79. The molecule has 0 saturated heterocycles. The van der Waals surface area contributed by atoms with Crippen molar-refractivity contribution in [2.24, 2.45) is 10.7 Å². The fourth-order valence-electron chi connectivity index (χ4n) is 1.84. The predicted molar refractivity (Wildman–Crippen MR) is 75.9 cm³/mol. The van der Waals surface area contributed by atoms with E-state index in [9.17, 15) is 4.79 Å². The number of carbonyl (C=O) groups is 1. The molecule has 1 fully saturated rings. The maximum absolute atomic E-state index is 11.4. The van der Waals surface area contributed by atoms with Crippen molar-refractivity contribution >= 4 is 11.9 Å². The Morgan fingerprint density at radius 3 is 2.58 bits per heavy atom. The van der Waals surface area contributed by atoms with E-state index >= 15 is 0 Å². The highest BCUT2D eigenvalue weighted by molar-refractivity contribution is 5.93. The van der Waals surface area contributed by atoms with Crippen molar-refractivity contribution in [2.75, 3.05) is 14.1 Å². The fourth-order valence-corrected chi connectivity index (χ4v) is 1.84. The lowest BCUT2D eigenvalue weighted by atomic mass is 10.1. The summed E-state index contributed by atoms with van der Waals surface area (Å²) < 4.78 is 0. The van der Waals surface area contributed by atoms with Crippen molar-refractivity contribution < 1.29 is 4.79 Å². The highest BCUT2D eigenvalue weighted by Gasteiger charge is 2.27. The Morgan fingerprint density at radius 2 is 2.05 bits per heavy atom. The van der Waals surface area contributed by atoms with E-state index in [-0.39, 0.29) is 5.91 Å². The molecule has 0 atom stereocenters. The zero-order chi connectivity index (χ0) is 13.8. The summed E-state index contributed by atoms with van der Waals surface area (Å²) in [4.78, 5) is 17.8. The summed E-state index contributed by atoms with van der Waals surface area (Å²) in [5, 5.41) is 2.59. The number of amides is 1. The molecule has 0 bridgehead atoms. The summed E-state index contributed by atoms with van der Waals surface area (Å²) in [6, 6.07) is 7.96. The minimum absolute atomic E-state index is 0.0805. The molecule has 0 heterocycles. The molecule has 1 amide bonds. The van der Waals surface area contributed by atoms with Gasteiger partial charge in [-0.25, -0.2) is 4.99 Å². The van der Waals surface area contributed by atoms with Gasteiger partial charge in [-0.05, 0) is 30.5 Å². The van der Waals surface area contributed by atoms with E-state index in [0.29, 0.717) is 24.1 Å². The Hall–Kier alpha value is -2.04. The maximum Gasteiger partial charge on any atom is 0.251 e. The third-order valence-corrected chi connectivity index (χ3v) is 3.32. The van der Waals surface area contributed by atoms with E-state index in [1.165, 1.54) is 12.8 Å². The summed E-state index contributed by atoms with van der Waals surface area (Å²) in [5.74, 6) is 0.501. The topological polar surface area (TPSA) is 70.7 Å². The molecular formula is C14H20N4O. The van der Waals surface area contributed by atoms with Crippen molar-refractivity contribution in [3.05, 3.63) is 35.4 Å². The number of nitrogens with one attached hydrogen (secondary N) is 1. The quantitative estimate of drug-likeness (QED) is 0.625. The van der Waals surface area contributed by atoms with E-state index in [1.807, 2.05) is 24.1 Å². The minimum atomic E-state index is -0.0805. The van der Waals surface area contributed by atoms with Crippen LogP contribution in [0.5, 0.6) is 0 Å². The molecule has 5 heteroatoms. The number of hydrogen-bond acceptors (Lipinski definition) is 2. The van der Waals surface area contributed by atoms with Gasteiger partial charge in [-0.3, -0.25) is 4.79 Å². The molecule has 0 unspecified atom stereocenters. The van der Waals surface area contributed by atoms with Crippen LogP contribution in [0.2, 0.25) is 0 Å². The number of guanidine groups is 1. The Balaban J connectivity index is 1.95. The van der Waals surface area contributed by atoms with Gasteiger partial charge in [0.05, 0.1) is 6.54 Å². The van der Waals surface area contributed by atoms with Crippen LogP contribution in [0.3, 0.4) is 0 Å². The van der Waals surface area contributed by atoms with Crippen molar-refractivity contribution in [1.29, 1.82) is 0 Å². The van der Waals surface area contributed by atoms with Gasteiger partial charge in [-0.15, -0.1) is 0 Å². The van der Waals surface area contributed by atoms with Crippen molar-refractivity contribution in [3.63, 3.8) is 0 Å². The highest BCUT2D eigenvalue weighted by atomic mass is 16.1. The molecule has 102 valence electrons. The van der Waals surface area contributed by atoms with Crippen LogP contribution in [0.1, 0.15) is 28.8 Å². The monoisotopic (exact) mass is 260 g/mol. The van der Waals surface area contributed by atoms with E-state index < -0.39 is 0 Å². The van der Waals surface area contributed by atoms with Crippen LogP contribution >= 0.6 is 0 Å². The molecule has 0 aromatic heterocycles. The largest absolute Gasteiger partial charge is 0.370 e. The zero-order valence-electron chi connectivity index (χ0n) is 11.4. The lowest BCUT2D eigenvalue weighted by Crippen LogP contribution is -2.35. The lowest BCUT2D eigenvalue weighted by Gasteiger charge is -2.16. The molecule has 3 N–H and O–H groups in total. The standard InChI is InChI=1S/C14H20N4O/c1-16-13(19)11-5-3-10(4-6-11)9-17-14(15)18(2)12-7-8-12/h3-6,12H,7-9H2,1-2H3,(H2,15,17)(H,16,19). The number of nitrogens with two attached hydrogens (primary N) is 1. The van der Waals surface area contributed by atoms with E-state index in [0.717, 1.165) is 5.56 Å². The second-order valence-corrected chi connectivity index (χ2v) is 4.79. The molecule has 2 rings (SSSR count). The molecule has 0 spiro atoms. The number of aliphatic imine (C=N–C) groups is 1. The van der Waals surface area contributed by atoms with Crippen LogP contribution in [-0.2, 0) is 6.54 Å². The smallest absolute Gasteiger partial charge is 0.251 e. The Kier molecular flexibility index (Phi) is 4.04. The number of rotatable bonds is 4. The molecule has 1 aromatic carbocycles. The number of hydrogen-bond donors (Lipinski definition) is 2. The van der Waals surface area contributed by atoms with Gasteiger partial charge in [-0.2, -0.15) is 0 Å². The average Bonchev–Trinajstić information content (AvgIpc) is 3.28. The van der Waals surface area contributed by atoms with Gasteiger partial charge in [-0.1, -0.05) is 12.1 Å². The summed E-state index contributed by atoms with van der Waals surface area (Å²) >= 11 is 0. The Morgan fingerprint density at radius 1 is 1.42 bits per heavy atom. The van der Waals surface area contributed by atoms with Crippen LogP contribution in [0, 0.1) is 0 Å². The summed E-state index contributed by atoms with van der Waals surface area (Å²) in [6.07, 6.45) is 2.40. The van der Waals surface area contributed by atoms with Crippen LogP contribution < -0.4 is 11.1 Å². The van der Waals surface area contributed by atoms with Gasteiger partial charge in [0.2, 0.25) is 0 Å². The van der Waals surface area contributed by atoms with Crippen LogP contribution in [0.25, 0.3) is 0 Å². The first-order chi connectivity index (χ1) is 9.11. The van der Waals surface area contributed by atoms with Crippen LogP contribution in [0.15, 0.2) is 29.3 Å². The SMILES string of the molecule is CNC(=O)c1ccc(CN=C(N)N(C)C2CC2)cc1. The molecular weight excluding hydrogens is 240 g/mol. The number of benzene rings is 1. The highest BCUT2D eigenvalue weighted by Crippen LogP contribution is 2.24. The Labute approximate surface area is 113 Å². The second kappa shape index (κ2) is 5.73. The van der Waals surface area contributed by atoms with Crippen LogP contribution in [-0.4, -0.2) is 36.9 Å². The molecule has 0 aliphatic heterocycles. The lowest BCUT2D eigenvalue weighted by molar-refractivity contribution is 0.0963. The average molecular weight is 260 g/mol. The maximum atomic E-state index is 11.4. The minimum Gasteiger partial charge on any atom is -0.370 e. The fraction of sp³-hybridized carbons (Fsp3) is 0.429. The predicted octanol–water partition coefficient (Wildman–Crippen LogP) is 0.955. The van der Waals surface area contributed by atoms with Gasteiger partial charge < -0.3 is 16.0 Å². The number of carbonyl (C=O) groups excluding carboxylic acids is 1. The molecule has 5 nitrogen and oxygen atoms in total. The third-order valence-electron chi connectivity index (χ3n) is 3.32. The van der Waals surface area contributed by atoms with Crippen molar-refractivity contribution in [2.45, 2.75) is 25.4 Å². The summed E-state index contributed by atoms with van der Waals surface area (Å²) in [6.45, 7) is 0.539. The van der Waals surface area contributed by atoms with Gasteiger partial charge in [0.15, 0.2) is 5.96 Å². The molecule has 19 heavy (non-hydrogen) atoms. The van der Waals surface area contributed by atoms with E-state index in [4.69, 9.17) is 5.73 Å². The first kappa shape index (κ1) is 13.4. The normalized spacial score (nSPS) is 15.2. The summed E-state index contributed by atoms with van der Waals surface area (Å²) in [5.41, 5.74) is 7.61. The van der Waals surface area contributed by atoms with Crippen molar-refractivity contribution in [3.8, 4) is 0 Å². The van der Waals surface area contributed by atoms with Gasteiger partial charge >= 0.3 is 0 Å². The zero-order valence-corrected chi connectivity index (χ0v) is 11.4. The Bertz CT molecular complexity index is 477. The molecule has 0 radical (unpaired) electrons. The van der Waals surface area contributed by atoms with Gasteiger partial charge in [0, 0.05) is 25.7 Å². The molecule has 1 aromatic rings. The molecule has 1 saturated carbocycles. The van der Waals surface area contributed by atoms with E-state index in [2.05, 4.69) is 10.3 Å². The third kappa shape index (κ3) is 3.47. The van der Waals surface area contributed by atoms with E-state index in [1.54, 1.807) is 19.2 Å². The van der Waals surface area contributed by atoms with Crippen molar-refractivity contribution in [1.82, 2.24) is 10.2 Å². The first-order valence-electron chi connectivity index (χ1n) is 6.45.